The molecule has 1 unspecified atom stereocenters. The molecule has 68 valence electrons. The second kappa shape index (κ2) is 3.58. The molecule has 3 heteroatoms. The van der Waals surface area contributed by atoms with Gasteiger partial charge in [0.1, 0.15) is 0 Å². The van der Waals surface area contributed by atoms with Crippen molar-refractivity contribution in [3.63, 3.8) is 0 Å². The number of ether oxygens (including phenoxy) is 2. The molecule has 0 radical (unpaired) electrons. The number of rotatable bonds is 2. The summed E-state index contributed by atoms with van der Waals surface area (Å²) in [7, 11) is 0. The summed E-state index contributed by atoms with van der Waals surface area (Å²) in [4.78, 5) is 4.26. The zero-order valence-electron chi connectivity index (χ0n) is 7.43. The first-order valence-electron chi connectivity index (χ1n) is 4.30. The van der Waals surface area contributed by atoms with Crippen molar-refractivity contribution in [2.75, 3.05) is 6.61 Å². The molecule has 0 saturated carbocycles. The molecule has 1 aromatic rings. The molecule has 2 rings (SSSR count). The Balaban J connectivity index is 2.38. The number of hydrogen-bond donors (Lipinski definition) is 0. The molecule has 0 aromatic heterocycles. The van der Waals surface area contributed by atoms with Crippen LogP contribution in [0, 0.1) is 0 Å². The minimum Gasteiger partial charge on any atom is -0.452 e. The third kappa shape index (κ3) is 1.70. The standard InChI is InChI=1S/C10H11NO2/c1-2-12-10-11-9-6-4-3-5-8(9)7-13-10/h3-7,10H,2H2,1H3. The molecule has 13 heavy (non-hydrogen) atoms. The SMILES string of the molecule is CCOC1N=c2ccccc2=CO1. The lowest BCUT2D eigenvalue weighted by Gasteiger charge is -2.14. The average molecular weight is 177 g/mol. The number of hydrogen-bond acceptors (Lipinski definition) is 3. The first-order valence-corrected chi connectivity index (χ1v) is 4.30. The van der Waals surface area contributed by atoms with E-state index in [1.165, 1.54) is 0 Å². The Morgan fingerprint density at radius 3 is 3.15 bits per heavy atom. The molecule has 0 fully saturated rings. The topological polar surface area (TPSA) is 30.8 Å². The van der Waals surface area contributed by atoms with E-state index >= 15 is 0 Å². The van der Waals surface area contributed by atoms with Crippen LogP contribution in [0.3, 0.4) is 0 Å². The van der Waals surface area contributed by atoms with Crippen LogP contribution in [-0.4, -0.2) is 13.0 Å². The Morgan fingerprint density at radius 2 is 2.31 bits per heavy atom. The van der Waals surface area contributed by atoms with Crippen LogP contribution in [0.1, 0.15) is 6.92 Å². The van der Waals surface area contributed by atoms with Gasteiger partial charge in [-0.3, -0.25) is 0 Å². The molecular weight excluding hydrogens is 166 g/mol. The van der Waals surface area contributed by atoms with Crippen molar-refractivity contribution in [2.24, 2.45) is 4.99 Å². The molecule has 1 aliphatic rings. The first kappa shape index (κ1) is 8.26. The van der Waals surface area contributed by atoms with E-state index in [1.54, 1.807) is 6.26 Å². The fraction of sp³-hybridized carbons (Fsp3) is 0.300. The first-order chi connectivity index (χ1) is 6.40. The lowest BCUT2D eigenvalue weighted by Crippen LogP contribution is -2.32. The molecule has 1 heterocycles. The van der Waals surface area contributed by atoms with Crippen LogP contribution in [0.5, 0.6) is 0 Å². The number of fused-ring (bicyclic) bond motifs is 1. The number of nitrogens with zero attached hydrogens (tertiary/aromatic N) is 1. The summed E-state index contributed by atoms with van der Waals surface area (Å²) in [6, 6.07) is 7.81. The molecule has 1 aliphatic heterocycles. The molecule has 1 aromatic carbocycles. The third-order valence-corrected chi connectivity index (χ3v) is 1.80. The van der Waals surface area contributed by atoms with Crippen molar-refractivity contribution in [1.29, 1.82) is 0 Å². The van der Waals surface area contributed by atoms with Gasteiger partial charge in [0.05, 0.1) is 11.6 Å². The molecule has 0 bridgehead atoms. The van der Waals surface area contributed by atoms with Gasteiger partial charge in [0.2, 0.25) is 0 Å². The predicted molar refractivity (Wildman–Crippen MR) is 48.2 cm³/mol. The maximum atomic E-state index is 5.23. The van der Waals surface area contributed by atoms with Gasteiger partial charge in [0.15, 0.2) is 0 Å². The smallest absolute Gasteiger partial charge is 0.301 e. The predicted octanol–water partition coefficient (Wildman–Crippen LogP) is 0.395. The van der Waals surface area contributed by atoms with Crippen LogP contribution in [0.4, 0.5) is 0 Å². The number of benzene rings is 1. The van der Waals surface area contributed by atoms with E-state index in [0.717, 1.165) is 10.6 Å². The second-order valence-corrected chi connectivity index (χ2v) is 2.70. The summed E-state index contributed by atoms with van der Waals surface area (Å²) in [5, 5.41) is 1.92. The fourth-order valence-electron chi connectivity index (χ4n) is 1.20. The fourth-order valence-corrected chi connectivity index (χ4v) is 1.20. The van der Waals surface area contributed by atoms with Gasteiger partial charge in [-0.15, -0.1) is 0 Å². The highest BCUT2D eigenvalue weighted by Crippen LogP contribution is 1.98. The number of para-hydroxylation sites is 1. The highest BCUT2D eigenvalue weighted by molar-refractivity contribution is 5.18. The average Bonchev–Trinajstić information content (AvgIpc) is 2.18. The molecule has 1 atom stereocenters. The van der Waals surface area contributed by atoms with Gasteiger partial charge in [-0.25, -0.2) is 4.99 Å². The summed E-state index contributed by atoms with van der Waals surface area (Å²) in [6.07, 6.45) is 1.21. The van der Waals surface area contributed by atoms with Gasteiger partial charge in [-0.05, 0) is 19.1 Å². The van der Waals surface area contributed by atoms with Crippen LogP contribution in [0.15, 0.2) is 29.3 Å². The molecule has 0 amide bonds. The lowest BCUT2D eigenvalue weighted by atomic mass is 10.3. The van der Waals surface area contributed by atoms with Crippen LogP contribution >= 0.6 is 0 Å². The van der Waals surface area contributed by atoms with E-state index in [2.05, 4.69) is 4.99 Å². The van der Waals surface area contributed by atoms with Crippen LogP contribution in [-0.2, 0) is 9.47 Å². The van der Waals surface area contributed by atoms with Gasteiger partial charge in [-0.1, -0.05) is 12.1 Å². The quantitative estimate of drug-likeness (QED) is 0.654. The van der Waals surface area contributed by atoms with Crippen molar-refractivity contribution in [3.05, 3.63) is 34.8 Å². The van der Waals surface area contributed by atoms with Gasteiger partial charge in [-0.2, -0.15) is 0 Å². The van der Waals surface area contributed by atoms with Crippen molar-refractivity contribution in [3.8, 4) is 0 Å². The Hall–Kier alpha value is -1.35. The largest absolute Gasteiger partial charge is 0.452 e. The Morgan fingerprint density at radius 1 is 1.46 bits per heavy atom. The van der Waals surface area contributed by atoms with E-state index in [-0.39, 0.29) is 0 Å². The van der Waals surface area contributed by atoms with E-state index in [0.29, 0.717) is 6.61 Å². The van der Waals surface area contributed by atoms with Gasteiger partial charge in [0, 0.05) is 11.8 Å². The maximum absolute atomic E-state index is 5.23. The minimum absolute atomic E-state index is 0.472. The van der Waals surface area contributed by atoms with Crippen molar-refractivity contribution >= 4 is 6.26 Å². The normalized spacial score (nSPS) is 19.3. The van der Waals surface area contributed by atoms with Gasteiger partial charge in [0.25, 0.3) is 0 Å². The zero-order valence-corrected chi connectivity index (χ0v) is 7.43. The summed E-state index contributed by atoms with van der Waals surface area (Å²) < 4.78 is 10.5. The highest BCUT2D eigenvalue weighted by atomic mass is 16.7. The molecule has 3 nitrogen and oxygen atoms in total. The van der Waals surface area contributed by atoms with E-state index in [9.17, 15) is 0 Å². The third-order valence-electron chi connectivity index (χ3n) is 1.80. The van der Waals surface area contributed by atoms with E-state index < -0.39 is 6.41 Å². The summed E-state index contributed by atoms with van der Waals surface area (Å²) in [6.45, 7) is 2.52. The van der Waals surface area contributed by atoms with Gasteiger partial charge >= 0.3 is 6.41 Å². The van der Waals surface area contributed by atoms with Crippen molar-refractivity contribution in [1.82, 2.24) is 0 Å². The zero-order chi connectivity index (χ0) is 9.10. The second-order valence-electron chi connectivity index (χ2n) is 2.70. The van der Waals surface area contributed by atoms with Crippen LogP contribution in [0.2, 0.25) is 0 Å². The summed E-state index contributed by atoms with van der Waals surface area (Å²) in [5.41, 5.74) is 0. The Bertz CT molecular complexity index is 400. The highest BCUT2D eigenvalue weighted by Gasteiger charge is 2.07. The summed E-state index contributed by atoms with van der Waals surface area (Å²) in [5.74, 6) is 0. The maximum Gasteiger partial charge on any atom is 0.301 e. The summed E-state index contributed by atoms with van der Waals surface area (Å²) >= 11 is 0. The molecular formula is C10H11NO2. The molecule has 0 aliphatic carbocycles. The monoisotopic (exact) mass is 177 g/mol. The molecule has 0 saturated heterocycles. The minimum atomic E-state index is -0.472. The molecule has 0 N–H and O–H groups in total. The van der Waals surface area contributed by atoms with E-state index in [4.69, 9.17) is 9.47 Å². The van der Waals surface area contributed by atoms with E-state index in [1.807, 2.05) is 31.2 Å². The van der Waals surface area contributed by atoms with Gasteiger partial charge < -0.3 is 9.47 Å². The molecule has 0 spiro atoms. The Labute approximate surface area is 76.3 Å². The van der Waals surface area contributed by atoms with Crippen molar-refractivity contribution in [2.45, 2.75) is 13.3 Å². The van der Waals surface area contributed by atoms with Crippen LogP contribution < -0.4 is 10.6 Å². The Kier molecular flexibility index (Phi) is 2.27. The van der Waals surface area contributed by atoms with Crippen molar-refractivity contribution < 1.29 is 9.47 Å². The lowest BCUT2D eigenvalue weighted by molar-refractivity contribution is -0.0856. The van der Waals surface area contributed by atoms with Crippen LogP contribution in [0.25, 0.3) is 6.26 Å².